The average Bonchev–Trinajstić information content (AvgIpc) is 2.64. The van der Waals surface area contributed by atoms with Crippen LogP contribution in [0.2, 0.25) is 5.02 Å². The Morgan fingerprint density at radius 2 is 2.08 bits per heavy atom. The number of rotatable bonds is 7. The van der Waals surface area contributed by atoms with Crippen molar-refractivity contribution >= 4 is 46.1 Å². The molecule has 0 saturated heterocycles. The first-order valence-electron chi connectivity index (χ1n) is 7.52. The SMILES string of the molecule is O=CNc1cc2c(Nc3ccc(F)c(Cl)c3)ncnc2cc1OCCF. The molecule has 6 nitrogen and oxygen atoms in total. The number of fused-ring (bicyclic) bond motifs is 1. The molecule has 0 unspecified atom stereocenters. The van der Waals surface area contributed by atoms with Gasteiger partial charge in [0.2, 0.25) is 6.41 Å². The largest absolute Gasteiger partial charge is 0.489 e. The number of halogens is 3. The Labute approximate surface area is 152 Å². The van der Waals surface area contributed by atoms with Gasteiger partial charge in [-0.1, -0.05) is 11.6 Å². The van der Waals surface area contributed by atoms with Crippen LogP contribution >= 0.6 is 11.6 Å². The number of benzene rings is 2. The number of carbonyl (C=O) groups excluding carboxylic acids is 1. The summed E-state index contributed by atoms with van der Waals surface area (Å²) in [5, 5.41) is 6.08. The van der Waals surface area contributed by atoms with Crippen LogP contribution in [0.3, 0.4) is 0 Å². The molecule has 0 atom stereocenters. The molecule has 2 N–H and O–H groups in total. The van der Waals surface area contributed by atoms with E-state index in [1.54, 1.807) is 12.1 Å². The van der Waals surface area contributed by atoms with Gasteiger partial charge in [-0.3, -0.25) is 4.79 Å². The number of alkyl halides is 1. The fourth-order valence-corrected chi connectivity index (χ4v) is 2.52. The molecule has 0 aliphatic heterocycles. The standard InChI is InChI=1S/C17H13ClF2N4O2/c18-12-5-10(1-2-13(12)20)24-17-11-6-15(23-9-25)16(26-4-3-19)7-14(11)21-8-22-17/h1-2,5-9H,3-4H2,(H,23,25)(H,21,22,24). The molecular weight excluding hydrogens is 366 g/mol. The van der Waals surface area contributed by atoms with Crippen LogP contribution in [0.25, 0.3) is 10.9 Å². The number of ether oxygens (including phenoxy) is 1. The fourth-order valence-electron chi connectivity index (χ4n) is 2.34. The van der Waals surface area contributed by atoms with Gasteiger partial charge in [0, 0.05) is 17.1 Å². The zero-order chi connectivity index (χ0) is 18.5. The molecule has 1 amide bonds. The molecule has 134 valence electrons. The first-order chi connectivity index (χ1) is 12.6. The number of hydrogen-bond acceptors (Lipinski definition) is 5. The maximum Gasteiger partial charge on any atom is 0.211 e. The summed E-state index contributed by atoms with van der Waals surface area (Å²) in [6, 6.07) is 7.34. The van der Waals surface area contributed by atoms with E-state index in [0.717, 1.165) is 0 Å². The third kappa shape index (κ3) is 3.80. The van der Waals surface area contributed by atoms with Crippen LogP contribution in [0.15, 0.2) is 36.7 Å². The fraction of sp³-hybridized carbons (Fsp3) is 0.118. The highest BCUT2D eigenvalue weighted by molar-refractivity contribution is 6.31. The zero-order valence-electron chi connectivity index (χ0n) is 13.3. The van der Waals surface area contributed by atoms with Crippen LogP contribution in [0, 0.1) is 5.82 Å². The number of carbonyl (C=O) groups is 1. The minimum absolute atomic E-state index is 0.0291. The van der Waals surface area contributed by atoms with Gasteiger partial charge in [-0.2, -0.15) is 0 Å². The Morgan fingerprint density at radius 1 is 1.23 bits per heavy atom. The maximum absolute atomic E-state index is 13.3. The van der Waals surface area contributed by atoms with E-state index in [0.29, 0.717) is 34.5 Å². The molecular formula is C17H13ClF2N4O2. The van der Waals surface area contributed by atoms with E-state index < -0.39 is 12.5 Å². The van der Waals surface area contributed by atoms with E-state index in [4.69, 9.17) is 16.3 Å². The van der Waals surface area contributed by atoms with Crippen LogP contribution in [-0.2, 0) is 4.79 Å². The molecule has 26 heavy (non-hydrogen) atoms. The molecule has 0 aliphatic carbocycles. The summed E-state index contributed by atoms with van der Waals surface area (Å²) >= 11 is 5.79. The van der Waals surface area contributed by atoms with E-state index in [1.807, 2.05) is 0 Å². The quantitative estimate of drug-likeness (QED) is 0.606. The summed E-state index contributed by atoms with van der Waals surface area (Å²) in [4.78, 5) is 19.2. The third-order valence-corrected chi connectivity index (χ3v) is 3.76. The molecule has 0 radical (unpaired) electrons. The summed E-state index contributed by atoms with van der Waals surface area (Å²) in [6.45, 7) is -0.816. The van der Waals surface area contributed by atoms with Gasteiger partial charge in [-0.15, -0.1) is 0 Å². The third-order valence-electron chi connectivity index (χ3n) is 3.47. The second kappa shape index (κ2) is 7.92. The molecule has 1 heterocycles. The Bertz CT molecular complexity index is 955. The molecule has 0 saturated carbocycles. The molecule has 0 aliphatic rings. The zero-order valence-corrected chi connectivity index (χ0v) is 14.1. The van der Waals surface area contributed by atoms with E-state index in [1.165, 1.54) is 24.5 Å². The lowest BCUT2D eigenvalue weighted by Crippen LogP contribution is -2.04. The number of nitrogens with zero attached hydrogens (tertiary/aromatic N) is 2. The van der Waals surface area contributed by atoms with Crippen molar-refractivity contribution in [3.8, 4) is 5.75 Å². The highest BCUT2D eigenvalue weighted by atomic mass is 35.5. The summed E-state index contributed by atoms with van der Waals surface area (Å²) in [5.74, 6) is 0.178. The molecule has 1 aromatic heterocycles. The predicted octanol–water partition coefficient (Wildman–Crippen LogP) is 4.08. The molecule has 0 bridgehead atoms. The topological polar surface area (TPSA) is 76.1 Å². The van der Waals surface area contributed by atoms with Crippen LogP contribution in [0.5, 0.6) is 5.75 Å². The van der Waals surface area contributed by atoms with E-state index in [9.17, 15) is 13.6 Å². The van der Waals surface area contributed by atoms with E-state index in [2.05, 4.69) is 20.6 Å². The van der Waals surface area contributed by atoms with Crippen LogP contribution in [0.1, 0.15) is 0 Å². The van der Waals surface area contributed by atoms with Gasteiger partial charge in [0.1, 0.15) is 37.0 Å². The minimum Gasteiger partial charge on any atom is -0.489 e. The first kappa shape index (κ1) is 17.8. The Kier molecular flexibility index (Phi) is 5.43. The van der Waals surface area contributed by atoms with Gasteiger partial charge in [0.25, 0.3) is 0 Å². The number of anilines is 3. The average molecular weight is 379 g/mol. The van der Waals surface area contributed by atoms with Gasteiger partial charge in [0.15, 0.2) is 0 Å². The summed E-state index contributed by atoms with van der Waals surface area (Å²) in [7, 11) is 0. The second-order valence-electron chi connectivity index (χ2n) is 5.14. The van der Waals surface area contributed by atoms with Crippen molar-refractivity contribution < 1.29 is 18.3 Å². The van der Waals surface area contributed by atoms with Crippen molar-refractivity contribution in [3.63, 3.8) is 0 Å². The second-order valence-corrected chi connectivity index (χ2v) is 5.55. The molecule has 3 rings (SSSR count). The number of amides is 1. The Hall–Kier alpha value is -3.00. The van der Waals surface area contributed by atoms with Gasteiger partial charge < -0.3 is 15.4 Å². The molecule has 0 spiro atoms. The molecule has 3 aromatic rings. The summed E-state index contributed by atoms with van der Waals surface area (Å²) < 4.78 is 31.0. The smallest absolute Gasteiger partial charge is 0.211 e. The number of hydrogen-bond donors (Lipinski definition) is 2. The van der Waals surface area contributed by atoms with Crippen molar-refractivity contribution in [3.05, 3.63) is 47.5 Å². The number of aromatic nitrogens is 2. The van der Waals surface area contributed by atoms with Gasteiger partial charge in [0.05, 0.1) is 16.2 Å². The Balaban J connectivity index is 2.03. The highest BCUT2D eigenvalue weighted by Crippen LogP contribution is 2.33. The highest BCUT2D eigenvalue weighted by Gasteiger charge is 2.12. The number of nitrogens with one attached hydrogen (secondary N) is 2. The molecule has 0 fully saturated rings. The van der Waals surface area contributed by atoms with Crippen LogP contribution in [0.4, 0.5) is 26.0 Å². The predicted molar refractivity (Wildman–Crippen MR) is 95.4 cm³/mol. The van der Waals surface area contributed by atoms with Crippen molar-refractivity contribution in [2.24, 2.45) is 0 Å². The monoisotopic (exact) mass is 378 g/mol. The summed E-state index contributed by atoms with van der Waals surface area (Å²) in [6.07, 6.45) is 1.82. The van der Waals surface area contributed by atoms with Gasteiger partial charge in [-0.25, -0.2) is 18.7 Å². The van der Waals surface area contributed by atoms with Crippen LogP contribution < -0.4 is 15.4 Å². The van der Waals surface area contributed by atoms with E-state index >= 15 is 0 Å². The first-order valence-corrected chi connectivity index (χ1v) is 7.90. The van der Waals surface area contributed by atoms with Crippen molar-refractivity contribution in [1.29, 1.82) is 0 Å². The van der Waals surface area contributed by atoms with Crippen molar-refractivity contribution in [2.75, 3.05) is 23.9 Å². The molecule has 9 heteroatoms. The van der Waals surface area contributed by atoms with Crippen molar-refractivity contribution in [2.45, 2.75) is 0 Å². The lowest BCUT2D eigenvalue weighted by Gasteiger charge is -2.13. The van der Waals surface area contributed by atoms with E-state index in [-0.39, 0.29) is 17.4 Å². The minimum atomic E-state index is -0.666. The lowest BCUT2D eigenvalue weighted by molar-refractivity contribution is -0.105. The normalized spacial score (nSPS) is 10.6. The maximum atomic E-state index is 13.3. The van der Waals surface area contributed by atoms with Crippen molar-refractivity contribution in [1.82, 2.24) is 9.97 Å². The van der Waals surface area contributed by atoms with Gasteiger partial charge in [-0.05, 0) is 24.3 Å². The van der Waals surface area contributed by atoms with Gasteiger partial charge >= 0.3 is 0 Å². The Morgan fingerprint density at radius 3 is 2.81 bits per heavy atom. The van der Waals surface area contributed by atoms with Crippen LogP contribution in [-0.4, -0.2) is 29.7 Å². The molecule has 2 aromatic carbocycles. The lowest BCUT2D eigenvalue weighted by atomic mass is 10.2. The summed E-state index contributed by atoms with van der Waals surface area (Å²) in [5.41, 5.74) is 1.39.